The Labute approximate surface area is 115 Å². The van der Waals surface area contributed by atoms with Crippen LogP contribution in [0.1, 0.15) is 5.56 Å². The molecule has 2 heteroatoms. The van der Waals surface area contributed by atoms with Crippen LogP contribution in [0.5, 0.6) is 0 Å². The molecule has 0 amide bonds. The Hall–Kier alpha value is -1.67. The van der Waals surface area contributed by atoms with E-state index < -0.39 is 0 Å². The molecular formula is C16H12BrN. The van der Waals surface area contributed by atoms with Crippen LogP contribution in [0.3, 0.4) is 0 Å². The summed E-state index contributed by atoms with van der Waals surface area (Å²) in [4.78, 5) is 4.51. The summed E-state index contributed by atoms with van der Waals surface area (Å²) < 4.78 is 0.874. The smallest absolute Gasteiger partial charge is 0.107 e. The van der Waals surface area contributed by atoms with Gasteiger partial charge in [0.2, 0.25) is 0 Å². The Kier molecular flexibility index (Phi) is 2.88. The van der Waals surface area contributed by atoms with Crippen molar-refractivity contribution in [3.63, 3.8) is 0 Å². The number of hydrogen-bond donors (Lipinski definition) is 0. The number of pyridine rings is 1. The van der Waals surface area contributed by atoms with E-state index in [0.717, 1.165) is 10.1 Å². The number of nitrogens with zero attached hydrogens (tertiary/aromatic N) is 1. The molecular weight excluding hydrogens is 286 g/mol. The molecule has 3 aromatic rings. The zero-order valence-corrected chi connectivity index (χ0v) is 11.6. The van der Waals surface area contributed by atoms with Gasteiger partial charge in [0.1, 0.15) is 4.60 Å². The standard InChI is InChI=1S/C16H12BrN/c1-11-6-2-3-7-12(11)14-10-16(17)18-15-9-5-4-8-13(14)15/h2-10H,1H3. The monoisotopic (exact) mass is 297 g/mol. The van der Waals surface area contributed by atoms with E-state index in [4.69, 9.17) is 0 Å². The van der Waals surface area contributed by atoms with E-state index in [1.54, 1.807) is 0 Å². The summed E-state index contributed by atoms with van der Waals surface area (Å²) in [6, 6.07) is 18.8. The summed E-state index contributed by atoms with van der Waals surface area (Å²) in [5.74, 6) is 0. The van der Waals surface area contributed by atoms with Crippen molar-refractivity contribution >= 4 is 26.8 Å². The number of para-hydroxylation sites is 1. The summed E-state index contributed by atoms with van der Waals surface area (Å²) in [6.45, 7) is 2.14. The van der Waals surface area contributed by atoms with Crippen molar-refractivity contribution in [1.82, 2.24) is 4.98 Å². The Morgan fingerprint density at radius 3 is 2.44 bits per heavy atom. The molecule has 0 atom stereocenters. The lowest BCUT2D eigenvalue weighted by atomic mass is 9.98. The van der Waals surface area contributed by atoms with Crippen molar-refractivity contribution in [2.75, 3.05) is 0 Å². The first-order chi connectivity index (χ1) is 8.75. The third-order valence-corrected chi connectivity index (χ3v) is 3.53. The molecule has 0 fully saturated rings. The van der Waals surface area contributed by atoms with Crippen LogP contribution in [-0.2, 0) is 0 Å². The van der Waals surface area contributed by atoms with Crippen LogP contribution in [0.2, 0.25) is 0 Å². The van der Waals surface area contributed by atoms with Gasteiger partial charge in [0, 0.05) is 5.39 Å². The lowest BCUT2D eigenvalue weighted by Gasteiger charge is -2.10. The van der Waals surface area contributed by atoms with Crippen LogP contribution < -0.4 is 0 Å². The number of fused-ring (bicyclic) bond motifs is 1. The normalized spacial score (nSPS) is 10.8. The van der Waals surface area contributed by atoms with Crippen LogP contribution in [0.25, 0.3) is 22.0 Å². The minimum absolute atomic E-state index is 0.874. The Balaban J connectivity index is 2.39. The highest BCUT2D eigenvalue weighted by Crippen LogP contribution is 2.31. The van der Waals surface area contributed by atoms with Crippen molar-refractivity contribution in [1.29, 1.82) is 0 Å². The molecule has 0 unspecified atom stereocenters. The summed E-state index contributed by atoms with van der Waals surface area (Å²) in [6.07, 6.45) is 0. The zero-order chi connectivity index (χ0) is 12.5. The number of aryl methyl sites for hydroxylation is 1. The van der Waals surface area contributed by atoms with Crippen molar-refractivity contribution in [2.45, 2.75) is 6.92 Å². The van der Waals surface area contributed by atoms with Gasteiger partial charge in [-0.25, -0.2) is 4.98 Å². The molecule has 2 aromatic carbocycles. The summed E-state index contributed by atoms with van der Waals surface area (Å²) in [7, 11) is 0. The van der Waals surface area contributed by atoms with Gasteiger partial charge >= 0.3 is 0 Å². The fourth-order valence-corrected chi connectivity index (χ4v) is 2.66. The molecule has 88 valence electrons. The second-order valence-corrected chi connectivity index (χ2v) is 5.14. The first kappa shape index (κ1) is 11.4. The van der Waals surface area contributed by atoms with Crippen LogP contribution in [0, 0.1) is 6.92 Å². The number of rotatable bonds is 1. The Morgan fingerprint density at radius 1 is 0.889 bits per heavy atom. The lowest BCUT2D eigenvalue weighted by Crippen LogP contribution is -1.88. The van der Waals surface area contributed by atoms with Crippen molar-refractivity contribution in [3.05, 3.63) is 64.8 Å². The SMILES string of the molecule is Cc1ccccc1-c1cc(Br)nc2ccccc12. The molecule has 0 spiro atoms. The van der Waals surface area contributed by atoms with Gasteiger partial charge in [-0.15, -0.1) is 0 Å². The van der Waals surface area contributed by atoms with Crippen molar-refractivity contribution in [2.24, 2.45) is 0 Å². The van der Waals surface area contributed by atoms with E-state index in [0.29, 0.717) is 0 Å². The van der Waals surface area contributed by atoms with E-state index in [1.165, 1.54) is 22.1 Å². The topological polar surface area (TPSA) is 12.9 Å². The highest BCUT2D eigenvalue weighted by molar-refractivity contribution is 9.10. The van der Waals surface area contributed by atoms with Crippen LogP contribution in [0.4, 0.5) is 0 Å². The average Bonchev–Trinajstić information content (AvgIpc) is 2.38. The van der Waals surface area contributed by atoms with Gasteiger partial charge in [-0.2, -0.15) is 0 Å². The molecule has 1 aromatic heterocycles. The van der Waals surface area contributed by atoms with E-state index in [9.17, 15) is 0 Å². The molecule has 1 nitrogen and oxygen atoms in total. The van der Waals surface area contributed by atoms with Crippen molar-refractivity contribution < 1.29 is 0 Å². The van der Waals surface area contributed by atoms with E-state index in [2.05, 4.69) is 70.3 Å². The number of hydrogen-bond acceptors (Lipinski definition) is 1. The molecule has 0 aliphatic carbocycles. The first-order valence-electron chi connectivity index (χ1n) is 5.87. The average molecular weight is 298 g/mol. The minimum atomic E-state index is 0.874. The largest absolute Gasteiger partial charge is 0.241 e. The van der Waals surface area contributed by atoms with Gasteiger partial charge in [0.15, 0.2) is 0 Å². The second kappa shape index (κ2) is 4.54. The van der Waals surface area contributed by atoms with E-state index in [1.807, 2.05) is 12.1 Å². The maximum Gasteiger partial charge on any atom is 0.107 e. The quantitative estimate of drug-likeness (QED) is 0.578. The van der Waals surface area contributed by atoms with Gasteiger partial charge in [0.05, 0.1) is 5.52 Å². The maximum absolute atomic E-state index is 4.51. The summed E-state index contributed by atoms with van der Waals surface area (Å²) in [5, 5.41) is 1.19. The second-order valence-electron chi connectivity index (χ2n) is 4.32. The lowest BCUT2D eigenvalue weighted by molar-refractivity contribution is 1.35. The molecule has 0 radical (unpaired) electrons. The summed E-state index contributed by atoms with van der Waals surface area (Å²) in [5.41, 5.74) is 4.79. The van der Waals surface area contributed by atoms with Gasteiger partial charge in [-0.05, 0) is 51.7 Å². The fourth-order valence-electron chi connectivity index (χ4n) is 2.24. The van der Waals surface area contributed by atoms with Crippen LogP contribution >= 0.6 is 15.9 Å². The van der Waals surface area contributed by atoms with Gasteiger partial charge < -0.3 is 0 Å². The fraction of sp³-hybridized carbons (Fsp3) is 0.0625. The zero-order valence-electron chi connectivity index (χ0n) is 10.0. The Morgan fingerprint density at radius 2 is 1.61 bits per heavy atom. The van der Waals surface area contributed by atoms with Gasteiger partial charge in [0.25, 0.3) is 0 Å². The predicted octanol–water partition coefficient (Wildman–Crippen LogP) is 4.97. The molecule has 0 aliphatic heterocycles. The van der Waals surface area contributed by atoms with Crippen LogP contribution in [-0.4, -0.2) is 4.98 Å². The molecule has 1 heterocycles. The Bertz CT molecular complexity index is 719. The molecule has 0 N–H and O–H groups in total. The molecule has 0 aliphatic rings. The molecule has 3 rings (SSSR count). The third kappa shape index (κ3) is 1.93. The molecule has 18 heavy (non-hydrogen) atoms. The molecule has 0 saturated heterocycles. The van der Waals surface area contributed by atoms with E-state index >= 15 is 0 Å². The van der Waals surface area contributed by atoms with Gasteiger partial charge in [-0.3, -0.25) is 0 Å². The first-order valence-corrected chi connectivity index (χ1v) is 6.66. The number of aromatic nitrogens is 1. The molecule has 0 bridgehead atoms. The number of halogens is 1. The van der Waals surface area contributed by atoms with E-state index in [-0.39, 0.29) is 0 Å². The van der Waals surface area contributed by atoms with Crippen LogP contribution in [0.15, 0.2) is 59.2 Å². The van der Waals surface area contributed by atoms with Gasteiger partial charge in [-0.1, -0.05) is 42.5 Å². The molecule has 0 saturated carbocycles. The third-order valence-electron chi connectivity index (χ3n) is 3.12. The van der Waals surface area contributed by atoms with Crippen molar-refractivity contribution in [3.8, 4) is 11.1 Å². The maximum atomic E-state index is 4.51. The summed E-state index contributed by atoms with van der Waals surface area (Å²) >= 11 is 3.49. The predicted molar refractivity (Wildman–Crippen MR) is 79.6 cm³/mol. The number of benzene rings is 2. The highest BCUT2D eigenvalue weighted by atomic mass is 79.9. The highest BCUT2D eigenvalue weighted by Gasteiger charge is 2.08. The minimum Gasteiger partial charge on any atom is -0.241 e.